The number of hydrogen-bond donors (Lipinski definition) is 3. The van der Waals surface area contributed by atoms with Crippen LogP contribution in [0.4, 0.5) is 13.9 Å². The van der Waals surface area contributed by atoms with E-state index in [-0.39, 0.29) is 34.6 Å². The van der Waals surface area contributed by atoms with Crippen molar-refractivity contribution in [2.24, 2.45) is 0 Å². The molecule has 2 aromatic heterocycles. The van der Waals surface area contributed by atoms with Gasteiger partial charge in [-0.1, -0.05) is 11.3 Å². The number of carbonyl (C=O) groups is 1. The highest BCUT2D eigenvalue weighted by Crippen LogP contribution is 2.32. The van der Waals surface area contributed by atoms with Crippen LogP contribution in [0.15, 0.2) is 18.2 Å². The third-order valence-corrected chi connectivity index (χ3v) is 6.36. The molecule has 3 aromatic rings. The van der Waals surface area contributed by atoms with Crippen LogP contribution in [0.5, 0.6) is 0 Å². The summed E-state index contributed by atoms with van der Waals surface area (Å²) >= 11 is 1.52. The number of rotatable bonds is 3. The minimum atomic E-state index is -0.689. The van der Waals surface area contributed by atoms with Crippen LogP contribution in [0.1, 0.15) is 33.9 Å². The second-order valence-electron chi connectivity index (χ2n) is 7.36. The van der Waals surface area contributed by atoms with Gasteiger partial charge in [-0.25, -0.2) is 13.8 Å². The number of aromatic nitrogens is 2. The molecule has 0 radical (unpaired) electrons. The fourth-order valence-corrected chi connectivity index (χ4v) is 4.86. The number of anilines is 1. The zero-order chi connectivity index (χ0) is 19.4. The summed E-state index contributed by atoms with van der Waals surface area (Å²) in [6.07, 6.45) is 1.88. The Bertz CT molecular complexity index is 1070. The molecule has 3 N–H and O–H groups in total. The molecule has 3 heterocycles. The first kappa shape index (κ1) is 17.6. The van der Waals surface area contributed by atoms with Gasteiger partial charge in [0.1, 0.15) is 17.3 Å². The van der Waals surface area contributed by atoms with E-state index in [9.17, 15) is 18.7 Å². The van der Waals surface area contributed by atoms with Gasteiger partial charge in [0, 0.05) is 35.3 Å². The Morgan fingerprint density at radius 3 is 2.93 bits per heavy atom. The lowest BCUT2D eigenvalue weighted by atomic mass is 9.90. The van der Waals surface area contributed by atoms with E-state index in [2.05, 4.69) is 15.3 Å². The van der Waals surface area contributed by atoms with Crippen LogP contribution in [0.3, 0.4) is 0 Å². The van der Waals surface area contributed by atoms with Gasteiger partial charge in [-0.15, -0.1) is 0 Å². The third-order valence-electron chi connectivity index (χ3n) is 5.34. The molecule has 146 valence electrons. The average Bonchev–Trinajstić information content (AvgIpc) is 3.22. The predicted octanol–water partition coefficient (Wildman–Crippen LogP) is 3.04. The van der Waals surface area contributed by atoms with E-state index in [0.29, 0.717) is 19.5 Å². The molecule has 0 atom stereocenters. The quantitative estimate of drug-likeness (QED) is 0.627. The van der Waals surface area contributed by atoms with Crippen LogP contribution in [-0.4, -0.2) is 44.6 Å². The number of nitrogens with one attached hydrogen (secondary N) is 2. The average molecular weight is 404 g/mol. The number of H-pyrrole nitrogens is 1. The molecule has 1 aromatic carbocycles. The summed E-state index contributed by atoms with van der Waals surface area (Å²) < 4.78 is 27.3. The van der Waals surface area contributed by atoms with Gasteiger partial charge in [-0.3, -0.25) is 4.79 Å². The molecule has 0 bridgehead atoms. The maximum atomic E-state index is 13.9. The first-order chi connectivity index (χ1) is 13.5. The molecule has 6 nitrogen and oxygen atoms in total. The summed E-state index contributed by atoms with van der Waals surface area (Å²) in [6, 6.07) is 3.68. The van der Waals surface area contributed by atoms with Crippen LogP contribution in [0, 0.1) is 11.6 Å². The third kappa shape index (κ3) is 3.04. The van der Waals surface area contributed by atoms with E-state index in [1.807, 2.05) is 0 Å². The maximum Gasteiger partial charge on any atom is 0.270 e. The van der Waals surface area contributed by atoms with Crippen molar-refractivity contribution in [3.05, 3.63) is 46.1 Å². The Kier molecular flexibility index (Phi) is 4.09. The van der Waals surface area contributed by atoms with Gasteiger partial charge in [-0.2, -0.15) is 0 Å². The monoisotopic (exact) mass is 404 g/mol. The Labute approximate surface area is 163 Å². The van der Waals surface area contributed by atoms with Gasteiger partial charge < -0.3 is 20.3 Å². The standard InChI is InChI=1S/C19H18F2N4O2S/c20-9-3-13(21)12-7-16(23-15(12)4-9)18(27)25-2-1-14-17(8-25)28-19(24-14)22-10-5-11(26)6-10/h3-4,7,10-11,23,26H,1-2,5-6,8H2,(H,22,24)/t10-,11-. The number of amides is 1. The highest BCUT2D eigenvalue weighted by atomic mass is 32.1. The summed E-state index contributed by atoms with van der Waals surface area (Å²) in [5.41, 5.74) is 1.50. The largest absolute Gasteiger partial charge is 0.393 e. The molecular formula is C19H18F2N4O2S. The van der Waals surface area contributed by atoms with Crippen molar-refractivity contribution in [2.75, 3.05) is 11.9 Å². The second kappa shape index (κ2) is 6.52. The minimum absolute atomic E-state index is 0.203. The van der Waals surface area contributed by atoms with Crippen molar-refractivity contribution in [1.29, 1.82) is 0 Å². The molecular weight excluding hydrogens is 386 g/mol. The van der Waals surface area contributed by atoms with Gasteiger partial charge in [-0.05, 0) is 25.0 Å². The highest BCUT2D eigenvalue weighted by Gasteiger charge is 2.30. The van der Waals surface area contributed by atoms with Crippen LogP contribution in [-0.2, 0) is 13.0 Å². The molecule has 1 aliphatic heterocycles. The van der Waals surface area contributed by atoms with E-state index in [1.54, 1.807) is 4.90 Å². The van der Waals surface area contributed by atoms with Crippen LogP contribution < -0.4 is 5.32 Å². The lowest BCUT2D eigenvalue weighted by Gasteiger charge is -2.31. The number of aliphatic hydroxyl groups excluding tert-OH is 1. The van der Waals surface area contributed by atoms with Gasteiger partial charge in [0.2, 0.25) is 0 Å². The van der Waals surface area contributed by atoms with E-state index in [4.69, 9.17) is 0 Å². The lowest BCUT2D eigenvalue weighted by Crippen LogP contribution is -2.38. The summed E-state index contributed by atoms with van der Waals surface area (Å²) in [5.74, 6) is -1.62. The predicted molar refractivity (Wildman–Crippen MR) is 101 cm³/mol. The number of thiazole rings is 1. The summed E-state index contributed by atoms with van der Waals surface area (Å²) in [4.78, 5) is 23.0. The zero-order valence-electron chi connectivity index (χ0n) is 14.8. The minimum Gasteiger partial charge on any atom is -0.393 e. The Morgan fingerprint density at radius 2 is 2.14 bits per heavy atom. The highest BCUT2D eigenvalue weighted by molar-refractivity contribution is 7.15. The SMILES string of the molecule is O=C(c1cc2c(F)cc(F)cc2[nH]1)N1CCc2nc(N[C@H]3C[C@H](O)C3)sc2C1. The van der Waals surface area contributed by atoms with E-state index >= 15 is 0 Å². The number of aromatic amines is 1. The van der Waals surface area contributed by atoms with E-state index in [1.165, 1.54) is 23.5 Å². The first-order valence-corrected chi connectivity index (χ1v) is 9.98. The van der Waals surface area contributed by atoms with Crippen molar-refractivity contribution in [3.8, 4) is 0 Å². The molecule has 0 saturated heterocycles. The van der Waals surface area contributed by atoms with Crippen LogP contribution in [0.25, 0.3) is 10.9 Å². The van der Waals surface area contributed by atoms with Crippen molar-refractivity contribution < 1.29 is 18.7 Å². The van der Waals surface area contributed by atoms with Gasteiger partial charge >= 0.3 is 0 Å². The molecule has 2 aliphatic rings. The second-order valence-corrected chi connectivity index (χ2v) is 8.45. The molecule has 1 saturated carbocycles. The summed E-state index contributed by atoms with van der Waals surface area (Å²) in [6.45, 7) is 0.955. The van der Waals surface area contributed by atoms with Crippen LogP contribution >= 0.6 is 11.3 Å². The molecule has 9 heteroatoms. The molecule has 1 amide bonds. The van der Waals surface area contributed by atoms with E-state index < -0.39 is 11.6 Å². The number of carbonyl (C=O) groups excluding carboxylic acids is 1. The lowest BCUT2D eigenvalue weighted by molar-refractivity contribution is 0.0731. The van der Waals surface area contributed by atoms with Crippen molar-refractivity contribution >= 4 is 33.3 Å². The molecule has 0 spiro atoms. The number of benzene rings is 1. The number of halogens is 2. The first-order valence-electron chi connectivity index (χ1n) is 9.16. The van der Waals surface area contributed by atoms with E-state index in [0.717, 1.165) is 34.6 Å². The molecule has 5 rings (SSSR count). The smallest absolute Gasteiger partial charge is 0.270 e. The Balaban J connectivity index is 1.33. The van der Waals surface area contributed by atoms with Crippen molar-refractivity contribution in [3.63, 3.8) is 0 Å². The normalized spacial score (nSPS) is 21.5. The zero-order valence-corrected chi connectivity index (χ0v) is 15.7. The molecule has 0 unspecified atom stereocenters. The number of aliphatic hydroxyl groups is 1. The number of nitrogens with zero attached hydrogens (tertiary/aromatic N) is 2. The number of fused-ring (bicyclic) bond motifs is 2. The summed E-state index contributed by atoms with van der Waals surface area (Å²) in [7, 11) is 0. The summed E-state index contributed by atoms with van der Waals surface area (Å²) in [5, 5.41) is 13.8. The topological polar surface area (TPSA) is 81.2 Å². The van der Waals surface area contributed by atoms with Gasteiger partial charge in [0.05, 0.1) is 23.9 Å². The van der Waals surface area contributed by atoms with Crippen molar-refractivity contribution in [1.82, 2.24) is 14.9 Å². The Hall–Kier alpha value is -2.52. The molecule has 1 fully saturated rings. The fourth-order valence-electron chi connectivity index (χ4n) is 3.76. The maximum absolute atomic E-state index is 13.9. The fraction of sp³-hybridized carbons (Fsp3) is 0.368. The molecule has 1 aliphatic carbocycles. The van der Waals surface area contributed by atoms with Gasteiger partial charge in [0.25, 0.3) is 5.91 Å². The Morgan fingerprint density at radius 1 is 1.32 bits per heavy atom. The van der Waals surface area contributed by atoms with Gasteiger partial charge in [0.15, 0.2) is 5.13 Å². The van der Waals surface area contributed by atoms with Crippen LogP contribution in [0.2, 0.25) is 0 Å². The number of hydrogen-bond acceptors (Lipinski definition) is 5. The van der Waals surface area contributed by atoms with Crippen molar-refractivity contribution in [2.45, 2.75) is 38.0 Å². The molecule has 28 heavy (non-hydrogen) atoms.